The highest BCUT2D eigenvalue weighted by atomic mass is 16.5. The summed E-state index contributed by atoms with van der Waals surface area (Å²) in [6.07, 6.45) is 3.39. The van der Waals surface area contributed by atoms with Crippen LogP contribution in [0.1, 0.15) is 19.8 Å². The number of hydrogen-bond acceptors (Lipinski definition) is 3. The smallest absolute Gasteiger partial charge is 0.330 e. The molecule has 0 bridgehead atoms. The van der Waals surface area contributed by atoms with Gasteiger partial charge in [-0.05, 0) is 19.8 Å². The summed E-state index contributed by atoms with van der Waals surface area (Å²) in [5.74, 6) is -1.92. The highest BCUT2D eigenvalue weighted by molar-refractivity contribution is 5.84. The van der Waals surface area contributed by atoms with E-state index in [1.54, 1.807) is 0 Å². The Morgan fingerprint density at radius 3 is 1.62 bits per heavy atom. The molecule has 1 heterocycles. The lowest BCUT2D eigenvalue weighted by atomic mass is 10.4. The Balaban J connectivity index is 0. The Morgan fingerprint density at radius 2 is 1.56 bits per heavy atom. The Hall–Kier alpha value is -1.62. The van der Waals surface area contributed by atoms with Crippen molar-refractivity contribution in [2.75, 3.05) is 13.2 Å². The van der Waals surface area contributed by atoms with Gasteiger partial charge < -0.3 is 14.9 Å². The maximum absolute atomic E-state index is 9.60. The number of aliphatic carboxylic acids is 2. The van der Waals surface area contributed by atoms with Crippen molar-refractivity contribution in [3.8, 4) is 0 Å². The molecule has 2 N–H and O–H groups in total. The van der Waals surface area contributed by atoms with Crippen LogP contribution >= 0.6 is 0 Å². The summed E-state index contributed by atoms with van der Waals surface area (Å²) in [6.45, 7) is 9.56. The maximum Gasteiger partial charge on any atom is 0.330 e. The molecule has 92 valence electrons. The van der Waals surface area contributed by atoms with Gasteiger partial charge in [0, 0.05) is 24.9 Å². The zero-order chi connectivity index (χ0) is 13.0. The summed E-state index contributed by atoms with van der Waals surface area (Å²) >= 11 is 0. The molecule has 0 radical (unpaired) electrons. The number of ether oxygens (including phenoxy) is 1. The average molecular weight is 230 g/mol. The molecule has 0 aliphatic carbocycles. The maximum atomic E-state index is 9.60. The molecule has 1 rings (SSSR count). The van der Waals surface area contributed by atoms with Crippen LogP contribution in [0.25, 0.3) is 0 Å². The van der Waals surface area contributed by atoms with E-state index in [2.05, 4.69) is 13.2 Å². The minimum absolute atomic E-state index is 0.176. The van der Waals surface area contributed by atoms with Crippen molar-refractivity contribution in [3.63, 3.8) is 0 Å². The number of carbonyl (C=O) groups is 2. The van der Waals surface area contributed by atoms with Crippen LogP contribution in [0, 0.1) is 0 Å². The molecule has 0 unspecified atom stereocenters. The minimum Gasteiger partial charge on any atom is -0.478 e. The van der Waals surface area contributed by atoms with E-state index in [9.17, 15) is 9.59 Å². The third kappa shape index (κ3) is 18.2. The predicted octanol–water partition coefficient (Wildman–Crippen LogP) is 1.70. The first-order valence-electron chi connectivity index (χ1n) is 4.73. The van der Waals surface area contributed by atoms with E-state index < -0.39 is 11.9 Å². The lowest BCUT2D eigenvalue weighted by Crippen LogP contribution is -1.92. The van der Waals surface area contributed by atoms with E-state index in [0.29, 0.717) is 0 Å². The lowest BCUT2D eigenvalue weighted by Gasteiger charge is -1.79. The van der Waals surface area contributed by atoms with Crippen LogP contribution in [0.3, 0.4) is 0 Å². The van der Waals surface area contributed by atoms with Gasteiger partial charge in [0.25, 0.3) is 0 Å². The van der Waals surface area contributed by atoms with Gasteiger partial charge in [-0.25, -0.2) is 9.59 Å². The van der Waals surface area contributed by atoms with Crippen LogP contribution in [0.15, 0.2) is 24.8 Å². The second kappa shape index (κ2) is 11.5. The lowest BCUT2D eigenvalue weighted by molar-refractivity contribution is -0.133. The fraction of sp³-hybridized carbons (Fsp3) is 0.455. The van der Waals surface area contributed by atoms with Crippen molar-refractivity contribution in [2.45, 2.75) is 19.8 Å². The first kappa shape index (κ1) is 16.8. The summed E-state index contributed by atoms with van der Waals surface area (Å²) in [4.78, 5) is 18.8. The molecule has 0 aromatic carbocycles. The van der Waals surface area contributed by atoms with Gasteiger partial charge in [0.1, 0.15) is 0 Å². The first-order valence-corrected chi connectivity index (χ1v) is 4.73. The Bertz CT molecular complexity index is 221. The van der Waals surface area contributed by atoms with E-state index in [1.807, 2.05) is 0 Å². The molecule has 16 heavy (non-hydrogen) atoms. The SMILES string of the molecule is C1CCOC1.C=C(C)C(=O)O.C=CC(=O)O. The summed E-state index contributed by atoms with van der Waals surface area (Å²) in [5.41, 5.74) is 0.176. The van der Waals surface area contributed by atoms with Crippen LogP contribution in [0.4, 0.5) is 0 Å². The van der Waals surface area contributed by atoms with E-state index in [0.717, 1.165) is 19.3 Å². The van der Waals surface area contributed by atoms with Gasteiger partial charge in [-0.2, -0.15) is 0 Å². The van der Waals surface area contributed by atoms with Gasteiger partial charge >= 0.3 is 11.9 Å². The molecule has 0 aromatic rings. The monoisotopic (exact) mass is 230 g/mol. The van der Waals surface area contributed by atoms with Gasteiger partial charge in [-0.15, -0.1) is 0 Å². The molecule has 0 amide bonds. The molecule has 0 spiro atoms. The van der Waals surface area contributed by atoms with Crippen LogP contribution in [-0.2, 0) is 14.3 Å². The topological polar surface area (TPSA) is 83.8 Å². The molecule has 0 saturated carbocycles. The number of rotatable bonds is 2. The molecular formula is C11H18O5. The van der Waals surface area contributed by atoms with Crippen molar-refractivity contribution >= 4 is 11.9 Å². The zero-order valence-corrected chi connectivity index (χ0v) is 9.44. The summed E-state index contributed by atoms with van der Waals surface area (Å²) < 4.78 is 4.94. The fourth-order valence-corrected chi connectivity index (χ4v) is 0.510. The summed E-state index contributed by atoms with van der Waals surface area (Å²) in [7, 11) is 0. The number of carboxylic acid groups (broad SMARTS) is 2. The highest BCUT2D eigenvalue weighted by Gasteiger charge is 1.94. The number of hydrogen-bond donors (Lipinski definition) is 2. The van der Waals surface area contributed by atoms with E-state index in [1.165, 1.54) is 19.8 Å². The van der Waals surface area contributed by atoms with Crippen LogP contribution in [0.5, 0.6) is 0 Å². The predicted molar refractivity (Wildman–Crippen MR) is 60.3 cm³/mol. The van der Waals surface area contributed by atoms with Crippen molar-refractivity contribution in [1.82, 2.24) is 0 Å². The highest BCUT2D eigenvalue weighted by Crippen LogP contribution is 1.98. The van der Waals surface area contributed by atoms with E-state index >= 15 is 0 Å². The quantitative estimate of drug-likeness (QED) is 0.705. The molecular weight excluding hydrogens is 212 g/mol. The summed E-state index contributed by atoms with van der Waals surface area (Å²) in [6, 6.07) is 0. The zero-order valence-electron chi connectivity index (χ0n) is 9.44. The van der Waals surface area contributed by atoms with Crippen LogP contribution < -0.4 is 0 Å². The van der Waals surface area contributed by atoms with E-state index in [4.69, 9.17) is 14.9 Å². The largest absolute Gasteiger partial charge is 0.478 e. The van der Waals surface area contributed by atoms with Crippen molar-refractivity contribution in [1.29, 1.82) is 0 Å². The van der Waals surface area contributed by atoms with Crippen LogP contribution in [-0.4, -0.2) is 35.4 Å². The Labute approximate surface area is 95.0 Å². The third-order valence-corrected chi connectivity index (χ3v) is 1.37. The molecule has 1 fully saturated rings. The second-order valence-electron chi connectivity index (χ2n) is 2.95. The van der Waals surface area contributed by atoms with Gasteiger partial charge in [0.15, 0.2) is 0 Å². The first-order chi connectivity index (χ1) is 7.41. The van der Waals surface area contributed by atoms with Crippen LogP contribution in [0.2, 0.25) is 0 Å². The Kier molecular flexibility index (Phi) is 12.0. The van der Waals surface area contributed by atoms with Gasteiger partial charge in [-0.1, -0.05) is 13.2 Å². The fourth-order valence-electron chi connectivity index (χ4n) is 0.510. The number of carboxylic acids is 2. The molecule has 1 aliphatic rings. The minimum atomic E-state index is -0.981. The van der Waals surface area contributed by atoms with Crippen molar-refractivity contribution < 1.29 is 24.5 Å². The molecule has 0 atom stereocenters. The second-order valence-corrected chi connectivity index (χ2v) is 2.95. The van der Waals surface area contributed by atoms with E-state index in [-0.39, 0.29) is 5.57 Å². The molecule has 0 aromatic heterocycles. The molecule has 1 aliphatic heterocycles. The summed E-state index contributed by atoms with van der Waals surface area (Å²) in [5, 5.41) is 15.5. The molecule has 1 saturated heterocycles. The molecule has 5 nitrogen and oxygen atoms in total. The van der Waals surface area contributed by atoms with Gasteiger partial charge in [0.2, 0.25) is 0 Å². The Morgan fingerprint density at radius 1 is 1.25 bits per heavy atom. The third-order valence-electron chi connectivity index (χ3n) is 1.37. The van der Waals surface area contributed by atoms with Crippen molar-refractivity contribution in [3.05, 3.63) is 24.8 Å². The average Bonchev–Trinajstić information content (AvgIpc) is 2.76. The normalized spacial score (nSPS) is 12.3. The van der Waals surface area contributed by atoms with Crippen molar-refractivity contribution in [2.24, 2.45) is 0 Å². The van der Waals surface area contributed by atoms with Gasteiger partial charge in [0.05, 0.1) is 0 Å². The molecule has 5 heteroatoms. The standard InChI is InChI=1S/C4H6O2.C4H8O.C3H4O2/c1-3(2)4(5)6;1-2-4-5-3-1;1-2-3(4)5/h1H2,2H3,(H,5,6);1-4H2;2H,1H2,(H,4,5). The van der Waals surface area contributed by atoms with Gasteiger partial charge in [-0.3, -0.25) is 0 Å².